The average molecular weight is 413 g/mol. The van der Waals surface area contributed by atoms with E-state index in [1.165, 1.54) is 16.7 Å². The molecule has 0 fully saturated rings. The molecule has 0 saturated carbocycles. The number of benzene rings is 1. The van der Waals surface area contributed by atoms with Crippen LogP contribution in [0.25, 0.3) is 0 Å². The third-order valence-electron chi connectivity index (χ3n) is 4.57. The van der Waals surface area contributed by atoms with Crippen molar-refractivity contribution >= 4 is 24.8 Å². The van der Waals surface area contributed by atoms with Gasteiger partial charge >= 0.3 is 0 Å². The number of hydrogen-bond acceptors (Lipinski definition) is 4. The zero-order chi connectivity index (χ0) is 17.5. The zero-order valence-electron chi connectivity index (χ0n) is 16.1. The summed E-state index contributed by atoms with van der Waals surface area (Å²) < 4.78 is 11.8. The molecule has 4 nitrogen and oxygen atoms in total. The summed E-state index contributed by atoms with van der Waals surface area (Å²) in [4.78, 5) is 4.85. The average Bonchev–Trinajstić information content (AvgIpc) is 3.11. The van der Waals surface area contributed by atoms with Crippen LogP contribution in [0.3, 0.4) is 0 Å². The van der Waals surface area contributed by atoms with Crippen molar-refractivity contribution in [2.24, 2.45) is 0 Å². The Kier molecular flexibility index (Phi) is 10.7. The van der Waals surface area contributed by atoms with Gasteiger partial charge in [-0.2, -0.15) is 0 Å². The minimum atomic E-state index is 0. The number of aryl methyl sites for hydroxylation is 1. The van der Waals surface area contributed by atoms with Crippen LogP contribution in [0, 0.1) is 6.92 Å². The third-order valence-corrected chi connectivity index (χ3v) is 4.57. The van der Waals surface area contributed by atoms with Crippen molar-refractivity contribution in [1.29, 1.82) is 0 Å². The molecule has 1 aliphatic rings. The molecule has 0 bridgehead atoms. The number of unbranched alkanes of at least 4 members (excludes halogenated alkanes) is 1. The first kappa shape index (κ1) is 23.7. The van der Waals surface area contributed by atoms with Gasteiger partial charge in [0, 0.05) is 17.5 Å². The van der Waals surface area contributed by atoms with Crippen LogP contribution in [0.2, 0.25) is 0 Å². The Morgan fingerprint density at radius 2 is 1.81 bits per heavy atom. The molecule has 1 N–H and O–H groups in total. The first-order valence-electron chi connectivity index (χ1n) is 9.26. The van der Waals surface area contributed by atoms with E-state index in [9.17, 15) is 0 Å². The van der Waals surface area contributed by atoms with Gasteiger partial charge in [-0.1, -0.05) is 37.3 Å². The summed E-state index contributed by atoms with van der Waals surface area (Å²) in [7, 11) is 0. The molecule has 0 amide bonds. The van der Waals surface area contributed by atoms with E-state index in [4.69, 9.17) is 14.5 Å². The maximum Gasteiger partial charge on any atom is 0.146 e. The maximum atomic E-state index is 6.09. The molecule has 1 aromatic heterocycles. The fraction of sp³-hybridized carbons (Fsp3) is 0.476. The number of rotatable bonds is 9. The second-order valence-electron chi connectivity index (χ2n) is 6.49. The molecule has 0 spiro atoms. The van der Waals surface area contributed by atoms with Crippen LogP contribution in [-0.2, 0) is 24.4 Å². The topological polar surface area (TPSA) is 43.4 Å². The molecular weight excluding hydrogens is 383 g/mol. The summed E-state index contributed by atoms with van der Waals surface area (Å²) in [5.41, 5.74) is 5.79. The van der Waals surface area contributed by atoms with Crippen LogP contribution in [0.15, 0.2) is 30.3 Å². The predicted octanol–water partition coefficient (Wildman–Crippen LogP) is 4.62. The van der Waals surface area contributed by atoms with Gasteiger partial charge in [0.05, 0.1) is 31.2 Å². The predicted molar refractivity (Wildman–Crippen MR) is 114 cm³/mol. The van der Waals surface area contributed by atoms with E-state index < -0.39 is 0 Å². The Balaban J connectivity index is 0.00000182. The van der Waals surface area contributed by atoms with E-state index in [1.54, 1.807) is 0 Å². The van der Waals surface area contributed by atoms with Gasteiger partial charge < -0.3 is 14.8 Å². The number of hydrogen-bond donors (Lipinski definition) is 1. The lowest BCUT2D eigenvalue weighted by molar-refractivity contribution is 0.132. The molecule has 6 heteroatoms. The van der Waals surface area contributed by atoms with Gasteiger partial charge in [0.2, 0.25) is 0 Å². The largest absolute Gasteiger partial charge is 0.491 e. The Morgan fingerprint density at radius 3 is 2.56 bits per heavy atom. The number of ether oxygens (including phenoxy) is 2. The van der Waals surface area contributed by atoms with Gasteiger partial charge in [-0.05, 0) is 38.4 Å². The molecule has 150 valence electrons. The summed E-state index contributed by atoms with van der Waals surface area (Å²) in [6, 6.07) is 10.5. The number of pyridine rings is 1. The Morgan fingerprint density at radius 1 is 1.07 bits per heavy atom. The summed E-state index contributed by atoms with van der Waals surface area (Å²) in [5, 5.41) is 3.34. The Hall–Kier alpha value is -1.33. The Bertz CT molecular complexity index is 696. The summed E-state index contributed by atoms with van der Waals surface area (Å²) in [5.74, 6) is 0.938. The molecule has 0 aliphatic carbocycles. The fourth-order valence-corrected chi connectivity index (χ4v) is 3.26. The molecule has 0 unspecified atom stereocenters. The van der Waals surface area contributed by atoms with E-state index in [1.807, 2.05) is 13.0 Å². The lowest BCUT2D eigenvalue weighted by atomic mass is 10.0. The zero-order valence-corrected chi connectivity index (χ0v) is 17.8. The molecule has 3 rings (SSSR count). The molecule has 27 heavy (non-hydrogen) atoms. The normalized spacial score (nSPS) is 12.1. The highest BCUT2D eigenvalue weighted by atomic mass is 35.5. The van der Waals surface area contributed by atoms with Crippen molar-refractivity contribution in [3.63, 3.8) is 0 Å². The van der Waals surface area contributed by atoms with Crippen LogP contribution in [0.4, 0.5) is 0 Å². The van der Waals surface area contributed by atoms with Crippen molar-refractivity contribution in [1.82, 2.24) is 10.3 Å². The van der Waals surface area contributed by atoms with E-state index in [0.717, 1.165) is 56.1 Å². The number of aromatic nitrogens is 1. The molecule has 0 saturated heterocycles. The highest BCUT2D eigenvalue weighted by Gasteiger charge is 2.23. The molecule has 0 atom stereocenters. The van der Waals surface area contributed by atoms with Crippen LogP contribution in [0.5, 0.6) is 5.75 Å². The van der Waals surface area contributed by atoms with Crippen LogP contribution in [0.1, 0.15) is 47.8 Å². The molecule has 2 aromatic rings. The first-order valence-corrected chi connectivity index (χ1v) is 9.26. The lowest BCUT2D eigenvalue weighted by Crippen LogP contribution is -2.15. The van der Waals surface area contributed by atoms with E-state index >= 15 is 0 Å². The highest BCUT2D eigenvalue weighted by molar-refractivity contribution is 5.85. The van der Waals surface area contributed by atoms with Gasteiger partial charge in [-0.25, -0.2) is 0 Å². The van der Waals surface area contributed by atoms with Gasteiger partial charge in [0.25, 0.3) is 0 Å². The van der Waals surface area contributed by atoms with E-state index in [-0.39, 0.29) is 24.8 Å². The highest BCUT2D eigenvalue weighted by Crippen LogP contribution is 2.34. The van der Waals surface area contributed by atoms with Gasteiger partial charge in [0.1, 0.15) is 5.75 Å². The summed E-state index contributed by atoms with van der Waals surface area (Å²) in [6.07, 6.45) is 3.02. The first-order chi connectivity index (χ1) is 12.3. The number of halogens is 2. The van der Waals surface area contributed by atoms with Gasteiger partial charge in [-0.3, -0.25) is 4.98 Å². The van der Waals surface area contributed by atoms with Crippen LogP contribution >= 0.6 is 24.8 Å². The second-order valence-corrected chi connectivity index (χ2v) is 6.49. The number of fused-ring (bicyclic) bond motifs is 1. The fourth-order valence-electron chi connectivity index (χ4n) is 3.26. The number of nitrogens with one attached hydrogen (secondary N) is 1. The van der Waals surface area contributed by atoms with Crippen molar-refractivity contribution in [3.05, 3.63) is 58.4 Å². The minimum Gasteiger partial charge on any atom is -0.491 e. The third kappa shape index (κ3) is 6.35. The second kappa shape index (κ2) is 12.2. The monoisotopic (exact) mass is 412 g/mol. The SMILES string of the molecule is CCNCCCCOc1c(C)nc(Cc2ccccc2)c2c1COC2.Cl.Cl. The van der Waals surface area contributed by atoms with Crippen molar-refractivity contribution in [3.8, 4) is 5.75 Å². The molecular formula is C21H30Cl2N2O2. The summed E-state index contributed by atoms with van der Waals surface area (Å²) >= 11 is 0. The Labute approximate surface area is 174 Å². The molecule has 1 aliphatic heterocycles. The van der Waals surface area contributed by atoms with Crippen molar-refractivity contribution in [2.45, 2.75) is 46.3 Å². The van der Waals surface area contributed by atoms with Crippen molar-refractivity contribution in [2.75, 3.05) is 19.7 Å². The van der Waals surface area contributed by atoms with Crippen LogP contribution < -0.4 is 10.1 Å². The maximum absolute atomic E-state index is 6.09. The molecule has 1 aromatic carbocycles. The van der Waals surface area contributed by atoms with Gasteiger partial charge in [0.15, 0.2) is 0 Å². The quantitative estimate of drug-likeness (QED) is 0.609. The molecule has 0 radical (unpaired) electrons. The van der Waals surface area contributed by atoms with Gasteiger partial charge in [-0.15, -0.1) is 24.8 Å². The van der Waals surface area contributed by atoms with Crippen LogP contribution in [-0.4, -0.2) is 24.7 Å². The van der Waals surface area contributed by atoms with Crippen molar-refractivity contribution < 1.29 is 9.47 Å². The minimum absolute atomic E-state index is 0. The summed E-state index contributed by atoms with van der Waals surface area (Å²) in [6.45, 7) is 8.26. The molecule has 2 heterocycles. The lowest BCUT2D eigenvalue weighted by Gasteiger charge is -2.15. The van der Waals surface area contributed by atoms with E-state index in [2.05, 4.69) is 36.5 Å². The van der Waals surface area contributed by atoms with E-state index in [0.29, 0.717) is 13.2 Å². The smallest absolute Gasteiger partial charge is 0.146 e. The number of nitrogens with zero attached hydrogens (tertiary/aromatic N) is 1. The standard InChI is InChI=1S/C21H28N2O2.2ClH/c1-3-22-11-7-8-12-25-21-16(2)23-20(18-14-24-15-19(18)21)13-17-9-5-4-6-10-17;;/h4-6,9-10,22H,3,7-8,11-15H2,1-2H3;2*1H.